The van der Waals surface area contributed by atoms with E-state index in [-0.39, 0.29) is 5.91 Å². The Bertz CT molecular complexity index is 272. The van der Waals surface area contributed by atoms with Crippen LogP contribution in [-0.2, 0) is 11.3 Å². The van der Waals surface area contributed by atoms with E-state index in [9.17, 15) is 4.79 Å². The van der Waals surface area contributed by atoms with Gasteiger partial charge in [0.05, 0.1) is 0 Å². The molecule has 0 saturated heterocycles. The van der Waals surface area contributed by atoms with E-state index in [2.05, 4.69) is 34.4 Å². The molecule has 0 unspecified atom stereocenters. The number of carbonyl (C=O) groups excluding carboxylic acids is 1. The van der Waals surface area contributed by atoms with Gasteiger partial charge in [0.2, 0.25) is 5.91 Å². The van der Waals surface area contributed by atoms with Crippen LogP contribution in [0.15, 0.2) is 16.8 Å². The van der Waals surface area contributed by atoms with Gasteiger partial charge in [0.25, 0.3) is 0 Å². The van der Waals surface area contributed by atoms with Crippen molar-refractivity contribution in [3.63, 3.8) is 0 Å². The van der Waals surface area contributed by atoms with Crippen LogP contribution in [0.4, 0.5) is 0 Å². The Morgan fingerprint density at radius 3 is 3.00 bits per heavy atom. The molecule has 3 nitrogen and oxygen atoms in total. The maximum absolute atomic E-state index is 11.2. The van der Waals surface area contributed by atoms with Crippen LogP contribution in [-0.4, -0.2) is 19.0 Å². The third-order valence-corrected chi connectivity index (χ3v) is 2.74. The van der Waals surface area contributed by atoms with Crippen LogP contribution in [0.5, 0.6) is 0 Å². The van der Waals surface area contributed by atoms with E-state index in [1.54, 1.807) is 11.3 Å². The molecule has 0 bridgehead atoms. The Morgan fingerprint density at radius 1 is 1.47 bits per heavy atom. The van der Waals surface area contributed by atoms with Crippen molar-refractivity contribution >= 4 is 17.2 Å². The van der Waals surface area contributed by atoms with Crippen LogP contribution in [0.1, 0.15) is 25.3 Å². The maximum Gasteiger partial charge on any atom is 0.221 e. The third-order valence-electron chi connectivity index (χ3n) is 2.01. The predicted octanol–water partition coefficient (Wildman–Crippen LogP) is 1.75. The summed E-state index contributed by atoms with van der Waals surface area (Å²) in [6, 6.07) is 2.09. The van der Waals surface area contributed by atoms with Crippen molar-refractivity contribution in [3.8, 4) is 0 Å². The molecule has 0 aliphatic carbocycles. The zero-order valence-electron chi connectivity index (χ0n) is 9.08. The second kappa shape index (κ2) is 7.43. The first-order valence-electron chi connectivity index (χ1n) is 5.31. The normalized spacial score (nSPS) is 10.2. The van der Waals surface area contributed by atoms with Crippen molar-refractivity contribution in [1.29, 1.82) is 0 Å². The van der Waals surface area contributed by atoms with Crippen LogP contribution in [0.25, 0.3) is 0 Å². The summed E-state index contributed by atoms with van der Waals surface area (Å²) in [5, 5.41) is 10.3. The Kier molecular flexibility index (Phi) is 6.04. The Labute approximate surface area is 94.9 Å². The average molecular weight is 226 g/mol. The predicted molar refractivity (Wildman–Crippen MR) is 63.9 cm³/mol. The van der Waals surface area contributed by atoms with Gasteiger partial charge in [-0.3, -0.25) is 4.79 Å². The quantitative estimate of drug-likeness (QED) is 0.696. The minimum atomic E-state index is 0.134. The minimum absolute atomic E-state index is 0.134. The Hall–Kier alpha value is -0.870. The molecule has 0 radical (unpaired) electrons. The lowest BCUT2D eigenvalue weighted by Crippen LogP contribution is -2.27. The molecule has 15 heavy (non-hydrogen) atoms. The minimum Gasteiger partial charge on any atom is -0.356 e. The van der Waals surface area contributed by atoms with E-state index >= 15 is 0 Å². The van der Waals surface area contributed by atoms with Crippen LogP contribution in [0, 0.1) is 0 Å². The van der Waals surface area contributed by atoms with E-state index in [1.807, 2.05) is 0 Å². The molecule has 0 aliphatic heterocycles. The third kappa shape index (κ3) is 5.54. The standard InChI is InChI=1S/C11H18N2OS/c1-2-5-13-11(14)3-6-12-8-10-4-7-15-9-10/h4,7,9,12H,2-3,5-6,8H2,1H3,(H,13,14). The van der Waals surface area contributed by atoms with Gasteiger partial charge in [-0.1, -0.05) is 6.92 Å². The lowest BCUT2D eigenvalue weighted by Gasteiger charge is -2.04. The van der Waals surface area contributed by atoms with Gasteiger partial charge in [-0.2, -0.15) is 11.3 Å². The second-order valence-corrected chi connectivity index (χ2v) is 4.19. The topological polar surface area (TPSA) is 41.1 Å². The highest BCUT2D eigenvalue weighted by atomic mass is 32.1. The molecular weight excluding hydrogens is 208 g/mol. The monoisotopic (exact) mass is 226 g/mol. The van der Waals surface area contributed by atoms with Crippen molar-refractivity contribution in [1.82, 2.24) is 10.6 Å². The summed E-state index contributed by atoms with van der Waals surface area (Å²) in [7, 11) is 0. The number of carbonyl (C=O) groups is 1. The molecule has 4 heteroatoms. The molecule has 0 fully saturated rings. The molecule has 1 rings (SSSR count). The van der Waals surface area contributed by atoms with Crippen LogP contribution >= 0.6 is 11.3 Å². The van der Waals surface area contributed by atoms with E-state index in [4.69, 9.17) is 0 Å². The van der Waals surface area contributed by atoms with Crippen molar-refractivity contribution in [2.75, 3.05) is 13.1 Å². The summed E-state index contributed by atoms with van der Waals surface area (Å²) in [4.78, 5) is 11.2. The SMILES string of the molecule is CCCNC(=O)CCNCc1ccsc1. The zero-order chi connectivity index (χ0) is 10.9. The van der Waals surface area contributed by atoms with Gasteiger partial charge in [0, 0.05) is 26.1 Å². The molecule has 84 valence electrons. The summed E-state index contributed by atoms with van der Waals surface area (Å²) in [5.74, 6) is 0.134. The average Bonchev–Trinajstić information content (AvgIpc) is 2.74. The summed E-state index contributed by atoms with van der Waals surface area (Å²) >= 11 is 1.70. The molecule has 2 N–H and O–H groups in total. The first-order valence-corrected chi connectivity index (χ1v) is 6.25. The number of hydrogen-bond donors (Lipinski definition) is 2. The zero-order valence-corrected chi connectivity index (χ0v) is 9.90. The molecule has 1 aromatic rings. The van der Waals surface area contributed by atoms with Gasteiger partial charge < -0.3 is 10.6 Å². The summed E-state index contributed by atoms with van der Waals surface area (Å²) in [6.45, 7) is 4.43. The lowest BCUT2D eigenvalue weighted by atomic mass is 10.3. The number of amides is 1. The summed E-state index contributed by atoms with van der Waals surface area (Å²) in [6.07, 6.45) is 1.55. The molecule has 1 heterocycles. The van der Waals surface area contributed by atoms with E-state index in [0.717, 1.165) is 26.1 Å². The molecule has 1 amide bonds. The van der Waals surface area contributed by atoms with Gasteiger partial charge in [-0.15, -0.1) is 0 Å². The van der Waals surface area contributed by atoms with E-state index in [0.29, 0.717) is 6.42 Å². The Balaban J connectivity index is 1.99. The molecular formula is C11H18N2OS. The van der Waals surface area contributed by atoms with Crippen molar-refractivity contribution in [2.45, 2.75) is 26.3 Å². The highest BCUT2D eigenvalue weighted by molar-refractivity contribution is 7.07. The maximum atomic E-state index is 11.2. The molecule has 1 aromatic heterocycles. The van der Waals surface area contributed by atoms with Crippen molar-refractivity contribution in [3.05, 3.63) is 22.4 Å². The molecule has 0 spiro atoms. The first kappa shape index (κ1) is 12.2. The molecule has 0 aromatic carbocycles. The second-order valence-electron chi connectivity index (χ2n) is 3.41. The fourth-order valence-electron chi connectivity index (χ4n) is 1.18. The lowest BCUT2D eigenvalue weighted by molar-refractivity contribution is -0.120. The number of hydrogen-bond acceptors (Lipinski definition) is 3. The number of nitrogens with one attached hydrogen (secondary N) is 2. The van der Waals surface area contributed by atoms with Gasteiger partial charge in [-0.05, 0) is 28.8 Å². The summed E-state index contributed by atoms with van der Waals surface area (Å²) < 4.78 is 0. The molecule has 0 aliphatic rings. The first-order chi connectivity index (χ1) is 7.33. The fraction of sp³-hybridized carbons (Fsp3) is 0.545. The number of thiophene rings is 1. The smallest absolute Gasteiger partial charge is 0.221 e. The van der Waals surface area contributed by atoms with Gasteiger partial charge >= 0.3 is 0 Å². The summed E-state index contributed by atoms with van der Waals surface area (Å²) in [5.41, 5.74) is 1.29. The van der Waals surface area contributed by atoms with E-state index < -0.39 is 0 Å². The van der Waals surface area contributed by atoms with Crippen LogP contribution < -0.4 is 10.6 Å². The van der Waals surface area contributed by atoms with Gasteiger partial charge in [0.15, 0.2) is 0 Å². The number of rotatable bonds is 7. The van der Waals surface area contributed by atoms with Gasteiger partial charge in [0.1, 0.15) is 0 Å². The van der Waals surface area contributed by atoms with Crippen LogP contribution in [0.3, 0.4) is 0 Å². The van der Waals surface area contributed by atoms with Crippen LogP contribution in [0.2, 0.25) is 0 Å². The molecule has 0 atom stereocenters. The van der Waals surface area contributed by atoms with Crippen molar-refractivity contribution in [2.24, 2.45) is 0 Å². The highest BCUT2D eigenvalue weighted by Crippen LogP contribution is 2.04. The van der Waals surface area contributed by atoms with Gasteiger partial charge in [-0.25, -0.2) is 0 Å². The fourth-order valence-corrected chi connectivity index (χ4v) is 1.85. The Morgan fingerprint density at radius 2 is 2.33 bits per heavy atom. The molecule has 0 saturated carbocycles. The van der Waals surface area contributed by atoms with Crippen molar-refractivity contribution < 1.29 is 4.79 Å². The largest absolute Gasteiger partial charge is 0.356 e. The van der Waals surface area contributed by atoms with E-state index in [1.165, 1.54) is 5.56 Å². The highest BCUT2D eigenvalue weighted by Gasteiger charge is 1.99.